The molecule has 0 saturated carbocycles. The first kappa shape index (κ1) is 12.2. The third-order valence-corrected chi connectivity index (χ3v) is 3.56. The van der Waals surface area contributed by atoms with Crippen LogP contribution in [0.1, 0.15) is 39.5 Å². The van der Waals surface area contributed by atoms with Gasteiger partial charge in [-0.3, -0.25) is 0 Å². The molecule has 0 fully saturated rings. The molecule has 0 heterocycles. The van der Waals surface area contributed by atoms with Crippen LogP contribution in [0.4, 0.5) is 0 Å². The summed E-state index contributed by atoms with van der Waals surface area (Å²) in [7, 11) is 0. The van der Waals surface area contributed by atoms with Gasteiger partial charge in [-0.15, -0.1) is 0 Å². The fourth-order valence-corrected chi connectivity index (χ4v) is 2.12. The van der Waals surface area contributed by atoms with Crippen LogP contribution < -0.4 is 0 Å². The first-order valence-electron chi connectivity index (χ1n) is 5.27. The molecule has 1 aromatic rings. The number of rotatable bonds is 2. The average Bonchev–Trinajstić information content (AvgIpc) is 2.23. The van der Waals surface area contributed by atoms with E-state index in [-0.39, 0.29) is 6.61 Å². The Morgan fingerprint density at radius 3 is 1.47 bits per heavy atom. The van der Waals surface area contributed by atoms with Gasteiger partial charge in [0.1, 0.15) is 6.10 Å². The van der Waals surface area contributed by atoms with Gasteiger partial charge in [-0.25, -0.2) is 0 Å². The lowest BCUT2D eigenvalue weighted by molar-refractivity contribution is 0.0945. The summed E-state index contributed by atoms with van der Waals surface area (Å²) in [4.78, 5) is 0. The molecule has 0 bridgehead atoms. The molecule has 15 heavy (non-hydrogen) atoms. The van der Waals surface area contributed by atoms with Crippen molar-refractivity contribution in [2.75, 3.05) is 6.61 Å². The van der Waals surface area contributed by atoms with Crippen LogP contribution in [0.5, 0.6) is 0 Å². The standard InChI is InChI=1S/C13H20O2/c1-7-8(2)10(4)13(12(15)6-14)11(5)9(7)3/h12,14-15H,6H2,1-5H3. The van der Waals surface area contributed by atoms with Crippen molar-refractivity contribution >= 4 is 0 Å². The number of aliphatic hydroxyl groups excluding tert-OH is 2. The van der Waals surface area contributed by atoms with Gasteiger partial charge in [0.05, 0.1) is 6.61 Å². The Hall–Kier alpha value is -0.860. The molecular weight excluding hydrogens is 188 g/mol. The zero-order chi connectivity index (χ0) is 11.7. The van der Waals surface area contributed by atoms with Crippen LogP contribution in [0.3, 0.4) is 0 Å². The monoisotopic (exact) mass is 208 g/mol. The lowest BCUT2D eigenvalue weighted by Gasteiger charge is -2.21. The van der Waals surface area contributed by atoms with Gasteiger partial charge in [0.2, 0.25) is 0 Å². The van der Waals surface area contributed by atoms with Gasteiger partial charge in [-0.05, 0) is 68.0 Å². The highest BCUT2D eigenvalue weighted by Crippen LogP contribution is 2.30. The van der Waals surface area contributed by atoms with Gasteiger partial charge in [0.25, 0.3) is 0 Å². The number of benzene rings is 1. The number of hydrogen-bond acceptors (Lipinski definition) is 2. The smallest absolute Gasteiger partial charge is 0.103 e. The van der Waals surface area contributed by atoms with Crippen molar-refractivity contribution in [3.63, 3.8) is 0 Å². The number of aliphatic hydroxyl groups is 2. The van der Waals surface area contributed by atoms with Crippen LogP contribution >= 0.6 is 0 Å². The van der Waals surface area contributed by atoms with E-state index in [1.54, 1.807) is 0 Å². The highest BCUT2D eigenvalue weighted by molar-refractivity contribution is 5.50. The van der Waals surface area contributed by atoms with Gasteiger partial charge < -0.3 is 10.2 Å². The molecule has 0 amide bonds. The summed E-state index contributed by atoms with van der Waals surface area (Å²) < 4.78 is 0. The highest BCUT2D eigenvalue weighted by Gasteiger charge is 2.17. The van der Waals surface area contributed by atoms with Crippen LogP contribution in [0.2, 0.25) is 0 Å². The van der Waals surface area contributed by atoms with Gasteiger partial charge in [-0.1, -0.05) is 0 Å². The summed E-state index contributed by atoms with van der Waals surface area (Å²) in [6.07, 6.45) is -0.761. The number of hydrogen-bond donors (Lipinski definition) is 2. The van der Waals surface area contributed by atoms with E-state index in [1.165, 1.54) is 16.7 Å². The van der Waals surface area contributed by atoms with Crippen molar-refractivity contribution in [2.45, 2.75) is 40.7 Å². The molecule has 84 valence electrons. The molecule has 0 aliphatic heterocycles. The largest absolute Gasteiger partial charge is 0.393 e. The van der Waals surface area contributed by atoms with Crippen molar-refractivity contribution in [1.29, 1.82) is 0 Å². The van der Waals surface area contributed by atoms with E-state index in [9.17, 15) is 5.11 Å². The molecule has 0 radical (unpaired) electrons. The Balaban J connectivity index is 3.52. The second kappa shape index (κ2) is 4.33. The van der Waals surface area contributed by atoms with E-state index in [2.05, 4.69) is 20.8 Å². The minimum Gasteiger partial charge on any atom is -0.393 e. The molecule has 1 rings (SSSR count). The molecule has 2 heteroatoms. The maximum absolute atomic E-state index is 9.78. The molecule has 1 atom stereocenters. The summed E-state index contributed by atoms with van der Waals surface area (Å²) in [5.74, 6) is 0. The van der Waals surface area contributed by atoms with Crippen LogP contribution in [0.15, 0.2) is 0 Å². The summed E-state index contributed by atoms with van der Waals surface area (Å²) in [6.45, 7) is 10.0. The molecule has 2 nitrogen and oxygen atoms in total. The highest BCUT2D eigenvalue weighted by atomic mass is 16.3. The van der Waals surface area contributed by atoms with Gasteiger partial charge >= 0.3 is 0 Å². The molecule has 0 spiro atoms. The SMILES string of the molecule is Cc1c(C)c(C)c(C(O)CO)c(C)c1C. The molecule has 2 N–H and O–H groups in total. The predicted molar refractivity (Wildman–Crippen MR) is 62.2 cm³/mol. The van der Waals surface area contributed by atoms with Crippen molar-refractivity contribution in [3.8, 4) is 0 Å². The van der Waals surface area contributed by atoms with E-state index < -0.39 is 6.10 Å². The predicted octanol–water partition coefficient (Wildman–Crippen LogP) is 2.25. The Bertz CT molecular complexity index is 352. The second-order valence-corrected chi connectivity index (χ2v) is 4.24. The van der Waals surface area contributed by atoms with Gasteiger partial charge in [0, 0.05) is 0 Å². The first-order valence-corrected chi connectivity index (χ1v) is 5.27. The lowest BCUT2D eigenvalue weighted by Crippen LogP contribution is -2.10. The normalized spacial score (nSPS) is 13.0. The first-order chi connectivity index (χ1) is 6.91. The Labute approximate surface area is 91.6 Å². The molecular formula is C13H20O2. The van der Waals surface area contributed by atoms with Crippen molar-refractivity contribution in [2.24, 2.45) is 0 Å². The summed E-state index contributed by atoms with van der Waals surface area (Å²) in [5, 5.41) is 18.8. The quantitative estimate of drug-likeness (QED) is 0.782. The maximum atomic E-state index is 9.78. The zero-order valence-corrected chi connectivity index (χ0v) is 10.2. The zero-order valence-electron chi connectivity index (χ0n) is 10.2. The fourth-order valence-electron chi connectivity index (χ4n) is 2.12. The molecule has 0 saturated heterocycles. The minimum absolute atomic E-state index is 0.219. The van der Waals surface area contributed by atoms with Crippen LogP contribution in [-0.2, 0) is 0 Å². The van der Waals surface area contributed by atoms with E-state index >= 15 is 0 Å². The third kappa shape index (κ3) is 1.92. The maximum Gasteiger partial charge on any atom is 0.103 e. The average molecular weight is 208 g/mol. The van der Waals surface area contributed by atoms with Gasteiger partial charge in [-0.2, -0.15) is 0 Å². The molecule has 0 aliphatic carbocycles. The second-order valence-electron chi connectivity index (χ2n) is 4.24. The molecule has 0 aromatic heterocycles. The third-order valence-electron chi connectivity index (χ3n) is 3.56. The summed E-state index contributed by atoms with van der Waals surface area (Å²) in [5.41, 5.74) is 6.77. The Morgan fingerprint density at radius 2 is 1.13 bits per heavy atom. The van der Waals surface area contributed by atoms with Crippen LogP contribution in [-0.4, -0.2) is 16.8 Å². The van der Waals surface area contributed by atoms with Crippen molar-refractivity contribution in [3.05, 3.63) is 33.4 Å². The Kier molecular flexibility index (Phi) is 3.53. The van der Waals surface area contributed by atoms with Gasteiger partial charge in [0.15, 0.2) is 0 Å². The van der Waals surface area contributed by atoms with E-state index in [1.807, 2.05) is 13.8 Å². The molecule has 1 aromatic carbocycles. The van der Waals surface area contributed by atoms with Crippen LogP contribution in [0.25, 0.3) is 0 Å². The van der Waals surface area contributed by atoms with Crippen LogP contribution in [0, 0.1) is 34.6 Å². The lowest BCUT2D eigenvalue weighted by atomic mass is 9.87. The minimum atomic E-state index is -0.761. The molecule has 1 unspecified atom stereocenters. The fraction of sp³-hybridized carbons (Fsp3) is 0.538. The van der Waals surface area contributed by atoms with E-state index in [4.69, 9.17) is 5.11 Å². The summed E-state index contributed by atoms with van der Waals surface area (Å²) >= 11 is 0. The summed E-state index contributed by atoms with van der Waals surface area (Å²) in [6, 6.07) is 0. The Morgan fingerprint density at radius 1 is 0.800 bits per heavy atom. The van der Waals surface area contributed by atoms with Crippen molar-refractivity contribution in [1.82, 2.24) is 0 Å². The van der Waals surface area contributed by atoms with E-state index in [0.29, 0.717) is 0 Å². The topological polar surface area (TPSA) is 40.5 Å². The van der Waals surface area contributed by atoms with E-state index in [0.717, 1.165) is 16.7 Å². The molecule has 0 aliphatic rings. The van der Waals surface area contributed by atoms with Crippen molar-refractivity contribution < 1.29 is 10.2 Å².